The molecule has 14 atom stereocenters. The lowest BCUT2D eigenvalue weighted by molar-refractivity contribution is -0.379. The highest BCUT2D eigenvalue weighted by Crippen LogP contribution is 2.62. The molecular weight excluding hydrogens is 754 g/mol. The van der Waals surface area contributed by atoms with Crippen molar-refractivity contribution in [2.24, 2.45) is 23.2 Å². The Kier molecular flexibility index (Phi) is 12.4. The van der Waals surface area contributed by atoms with Crippen LogP contribution in [0.4, 0.5) is 0 Å². The lowest BCUT2D eigenvalue weighted by Crippen LogP contribution is -2.81. The summed E-state index contributed by atoms with van der Waals surface area (Å²) in [4.78, 5) is 55.2. The van der Waals surface area contributed by atoms with Crippen LogP contribution in [-0.4, -0.2) is 116 Å². The van der Waals surface area contributed by atoms with Gasteiger partial charge < -0.3 is 54.5 Å². The average molecular weight is 810 g/mol. The Bertz CT molecular complexity index is 1890. The molecule has 3 aliphatic carbocycles. The molecule has 2 aromatic rings. The van der Waals surface area contributed by atoms with Crippen molar-refractivity contribution in [2.45, 2.75) is 128 Å². The molecule has 4 aliphatic rings. The molecule has 1 amide bonds. The van der Waals surface area contributed by atoms with Gasteiger partial charge in [0.25, 0.3) is 0 Å². The first-order valence-corrected chi connectivity index (χ1v) is 19.7. The highest BCUT2D eigenvalue weighted by atomic mass is 16.7. The van der Waals surface area contributed by atoms with Gasteiger partial charge in [0, 0.05) is 37.5 Å². The van der Waals surface area contributed by atoms with Crippen LogP contribution >= 0.6 is 0 Å². The Balaban J connectivity index is 1.52. The minimum atomic E-state index is -2.24. The molecule has 316 valence electrons. The van der Waals surface area contributed by atoms with Crippen molar-refractivity contribution >= 4 is 23.6 Å². The molecule has 6 N–H and O–H groups in total. The fraction of sp³-hybridized carbons (Fsp3) is 0.581. The Hall–Kier alpha value is -4.06. The predicted octanol–water partition coefficient (Wildman–Crippen LogP) is 2.27. The average Bonchev–Trinajstić information content (AvgIpc) is 3.18. The number of aliphatic hydroxyl groups is 5. The third-order valence-electron chi connectivity index (χ3n) is 12.7. The number of aliphatic hydroxyl groups excluding tert-OH is 4. The van der Waals surface area contributed by atoms with Gasteiger partial charge in [0.2, 0.25) is 5.91 Å². The van der Waals surface area contributed by atoms with Gasteiger partial charge in [-0.15, -0.1) is 0 Å². The van der Waals surface area contributed by atoms with Crippen LogP contribution in [0, 0.1) is 23.2 Å². The molecule has 15 nitrogen and oxygen atoms in total. The molecule has 1 saturated heterocycles. The van der Waals surface area contributed by atoms with Gasteiger partial charge in [-0.25, -0.2) is 4.79 Å². The van der Waals surface area contributed by atoms with E-state index in [9.17, 15) is 39.9 Å². The summed E-state index contributed by atoms with van der Waals surface area (Å²) in [6, 6.07) is 15.3. The van der Waals surface area contributed by atoms with E-state index < -0.39 is 120 Å². The van der Waals surface area contributed by atoms with Gasteiger partial charge in [0.1, 0.15) is 23.4 Å². The lowest BCUT2D eigenvalue weighted by Gasteiger charge is -2.67. The highest BCUT2D eigenvalue weighted by Gasteiger charge is 2.76. The Morgan fingerprint density at radius 3 is 2.14 bits per heavy atom. The number of hydrogen-bond acceptors (Lipinski definition) is 14. The van der Waals surface area contributed by atoms with E-state index in [0.29, 0.717) is 5.56 Å². The summed E-state index contributed by atoms with van der Waals surface area (Å²) in [7, 11) is 0. The summed E-state index contributed by atoms with van der Waals surface area (Å²) in [6.07, 6.45) is -13.0. The largest absolute Gasteiger partial charge is 0.455 e. The maximum Gasteiger partial charge on any atom is 0.338 e. The fourth-order valence-corrected chi connectivity index (χ4v) is 9.53. The number of nitrogens with one attached hydrogen (secondary N) is 1. The Morgan fingerprint density at radius 1 is 0.966 bits per heavy atom. The van der Waals surface area contributed by atoms with E-state index >= 15 is 4.79 Å². The van der Waals surface area contributed by atoms with E-state index in [1.54, 1.807) is 76.2 Å². The normalized spacial score (nSPS) is 35.2. The standard InChI is InChI=1S/C43H55NO14/c1-21(2)38(50)44-32(26-14-10-8-11-15-26)33(48)40(52)56-28-19-42(53)23(4)31(22(28)3)34(55-24(5)45)36(49)41(7)29(47)18-30-43(20-54-30,58-25(6)46)35(41)37(42)57-39(51)27-16-12-9-13-17-27/h8-17,21,23,25,28-30,32-35,37,40,46-48,52-53H,18-20H2,1-7H3,(H,44,50)/t23-,25?,28-,29-,30+,32-,33+,34+,35?,37-,40?,41+,42-,43-/m0/s1. The molecule has 58 heavy (non-hydrogen) atoms. The fourth-order valence-electron chi connectivity index (χ4n) is 9.53. The highest BCUT2D eigenvalue weighted by molar-refractivity contribution is 5.95. The lowest BCUT2D eigenvalue weighted by atomic mass is 9.47. The summed E-state index contributed by atoms with van der Waals surface area (Å²) >= 11 is 0. The van der Waals surface area contributed by atoms with Crippen molar-refractivity contribution in [1.82, 2.24) is 5.32 Å². The Labute approximate surface area is 337 Å². The molecule has 2 bridgehead atoms. The van der Waals surface area contributed by atoms with Crippen molar-refractivity contribution in [2.75, 3.05) is 6.61 Å². The van der Waals surface area contributed by atoms with Crippen LogP contribution in [0.1, 0.15) is 83.3 Å². The molecule has 0 aromatic heterocycles. The van der Waals surface area contributed by atoms with Crippen LogP contribution in [0.2, 0.25) is 0 Å². The van der Waals surface area contributed by atoms with Crippen LogP contribution < -0.4 is 5.32 Å². The topological polar surface area (TPSA) is 228 Å². The molecule has 0 spiro atoms. The van der Waals surface area contributed by atoms with Crippen LogP contribution in [0.5, 0.6) is 0 Å². The van der Waals surface area contributed by atoms with Crippen molar-refractivity contribution in [3.63, 3.8) is 0 Å². The number of hydrogen-bond donors (Lipinski definition) is 6. The van der Waals surface area contributed by atoms with E-state index in [1.807, 2.05) is 0 Å². The zero-order chi connectivity index (χ0) is 42.5. The van der Waals surface area contributed by atoms with Gasteiger partial charge in [-0.3, -0.25) is 14.4 Å². The summed E-state index contributed by atoms with van der Waals surface area (Å²) in [5.41, 5.74) is -4.89. The maximum absolute atomic E-state index is 15.3. The number of carbonyl (C=O) groups excluding carboxylic acids is 4. The molecule has 0 radical (unpaired) electrons. The summed E-state index contributed by atoms with van der Waals surface area (Å²) in [5, 5.41) is 62.2. The quantitative estimate of drug-likeness (QED) is 0.103. The molecule has 2 aromatic carbocycles. The molecule has 3 unspecified atom stereocenters. The number of benzene rings is 2. The van der Waals surface area contributed by atoms with Gasteiger partial charge in [-0.1, -0.05) is 69.3 Å². The molecule has 1 aliphatic heterocycles. The van der Waals surface area contributed by atoms with Crippen molar-refractivity contribution in [3.8, 4) is 0 Å². The monoisotopic (exact) mass is 809 g/mol. The number of rotatable bonds is 12. The van der Waals surface area contributed by atoms with E-state index in [4.69, 9.17) is 23.7 Å². The van der Waals surface area contributed by atoms with Gasteiger partial charge >= 0.3 is 11.9 Å². The van der Waals surface area contributed by atoms with Gasteiger partial charge in [-0.2, -0.15) is 0 Å². The smallest absolute Gasteiger partial charge is 0.338 e. The number of esters is 2. The molecule has 6 rings (SSSR count). The third kappa shape index (κ3) is 7.51. The van der Waals surface area contributed by atoms with Crippen LogP contribution in [0.15, 0.2) is 71.8 Å². The number of Topliss-reactive ketones (excluding diaryl/α,β-unsaturated/α-hetero) is 1. The molecule has 3 fully saturated rings. The van der Waals surface area contributed by atoms with Crippen molar-refractivity contribution in [1.29, 1.82) is 0 Å². The number of ketones is 1. The van der Waals surface area contributed by atoms with E-state index in [1.165, 1.54) is 26.0 Å². The number of ether oxygens (including phenoxy) is 5. The third-order valence-corrected chi connectivity index (χ3v) is 12.7. The van der Waals surface area contributed by atoms with Crippen LogP contribution in [0.25, 0.3) is 0 Å². The van der Waals surface area contributed by atoms with Crippen molar-refractivity contribution < 1.29 is 68.4 Å². The first-order valence-electron chi connectivity index (χ1n) is 19.7. The SMILES string of the molecule is CC(=O)O[C@H]1C(=O)[C@@]2(C)C([C@H](OC(=O)c3ccccc3)[C@]3(O)C[C@H](OC(O)[C@H](O)[C@@H](NC(=O)C(C)C)c4ccccc4)C(C)=C1[C@@H]3C)[C@]1(OC(C)O)CO[C@@H]1C[C@@H]2O. The number of fused-ring (bicyclic) bond motifs is 5. The van der Waals surface area contributed by atoms with Gasteiger partial charge in [0.05, 0.1) is 41.9 Å². The number of carbonyl (C=O) groups is 4. The maximum atomic E-state index is 15.3. The molecule has 2 saturated carbocycles. The minimum absolute atomic E-state index is 0.0819. The van der Waals surface area contributed by atoms with Gasteiger partial charge in [-0.05, 0) is 49.6 Å². The zero-order valence-electron chi connectivity index (χ0n) is 33.7. The van der Waals surface area contributed by atoms with E-state index in [2.05, 4.69) is 5.32 Å². The van der Waals surface area contributed by atoms with E-state index in [-0.39, 0.29) is 29.7 Å². The van der Waals surface area contributed by atoms with Crippen LogP contribution in [0.3, 0.4) is 0 Å². The minimum Gasteiger partial charge on any atom is -0.455 e. The second-order valence-corrected chi connectivity index (χ2v) is 16.6. The summed E-state index contributed by atoms with van der Waals surface area (Å²) in [5.74, 6) is -5.95. The second kappa shape index (κ2) is 16.5. The predicted molar refractivity (Wildman–Crippen MR) is 204 cm³/mol. The first kappa shape index (κ1) is 43.5. The van der Waals surface area contributed by atoms with E-state index in [0.717, 1.165) is 6.92 Å². The van der Waals surface area contributed by atoms with Crippen molar-refractivity contribution in [3.05, 3.63) is 82.9 Å². The van der Waals surface area contributed by atoms with Gasteiger partial charge in [0.15, 0.2) is 24.5 Å². The zero-order valence-corrected chi connectivity index (χ0v) is 33.7. The summed E-state index contributed by atoms with van der Waals surface area (Å²) in [6.45, 7) is 10.2. The summed E-state index contributed by atoms with van der Waals surface area (Å²) < 4.78 is 30.5. The molecule has 15 heteroatoms. The number of amides is 1. The second-order valence-electron chi connectivity index (χ2n) is 16.6. The molecule has 1 heterocycles. The van der Waals surface area contributed by atoms with Crippen LogP contribution in [-0.2, 0) is 38.1 Å². The first-order chi connectivity index (χ1) is 27.3. The Morgan fingerprint density at radius 2 is 1.59 bits per heavy atom. The molecular formula is C43H55NO14.